The molecule has 0 radical (unpaired) electrons. The lowest BCUT2D eigenvalue weighted by molar-refractivity contribution is 0.259. The van der Waals surface area contributed by atoms with Gasteiger partial charge in [-0.05, 0) is 108 Å². The molecule has 0 bridgehead atoms. The highest BCUT2D eigenvalue weighted by atomic mass is 35.5. The third-order valence-corrected chi connectivity index (χ3v) is 8.12. The van der Waals surface area contributed by atoms with Crippen LogP contribution in [0.1, 0.15) is 12.8 Å². The fraction of sp³-hybridized carbons (Fsp3) is 0.316. The van der Waals surface area contributed by atoms with Crippen molar-refractivity contribution in [2.24, 2.45) is 19.8 Å². The smallest absolute Gasteiger partial charge is 0.323 e. The molecule has 0 unspecified atom stereocenters. The van der Waals surface area contributed by atoms with Crippen molar-refractivity contribution in [3.8, 4) is 34.0 Å². The molecular weight excluding hydrogens is 715 g/mol. The zero-order valence-electron chi connectivity index (χ0n) is 31.4. The second kappa shape index (κ2) is 20.0. The number of hydrogen-bond donors (Lipinski definition) is 4. The molecule has 2 aromatic heterocycles. The number of carbonyl (C=O) groups is 2. The highest BCUT2D eigenvalue weighted by Gasteiger charge is 2.17. The van der Waals surface area contributed by atoms with Crippen molar-refractivity contribution >= 4 is 40.7 Å². The van der Waals surface area contributed by atoms with Crippen LogP contribution in [-0.4, -0.2) is 95.9 Å². The lowest BCUT2D eigenvalue weighted by atomic mass is 10.1. The molecule has 54 heavy (non-hydrogen) atoms. The van der Waals surface area contributed by atoms with Crippen molar-refractivity contribution in [3.05, 3.63) is 90.0 Å². The molecular formula is C38H48ClFN10O4. The van der Waals surface area contributed by atoms with Gasteiger partial charge in [0.05, 0.1) is 35.8 Å². The predicted octanol–water partition coefficient (Wildman–Crippen LogP) is 6.76. The molecule has 0 fully saturated rings. The fourth-order valence-corrected chi connectivity index (χ4v) is 5.57. The summed E-state index contributed by atoms with van der Waals surface area (Å²) in [5, 5.41) is 16.9. The van der Waals surface area contributed by atoms with Crippen molar-refractivity contribution in [2.75, 3.05) is 70.4 Å². The summed E-state index contributed by atoms with van der Waals surface area (Å²) < 4.78 is 28.4. The minimum absolute atomic E-state index is 0.371. The van der Waals surface area contributed by atoms with E-state index in [1.54, 1.807) is 53.1 Å². The van der Waals surface area contributed by atoms with Crippen LogP contribution >= 0.6 is 11.6 Å². The lowest BCUT2D eigenvalue weighted by Crippen LogP contribution is -2.19. The quantitative estimate of drug-likeness (QED) is 0.0853. The summed E-state index contributed by atoms with van der Waals surface area (Å²) in [4.78, 5) is 27.6. The standard InChI is InChI=1S/C22H25ClFN5O2.C16H23N5O2/c1-28(2)11-4-12-31-20-10-9-17(13-18(20)21-19(23)14-25-29(21)3)27-22(30)26-16-7-5-15(24)6-8-16;1-20(2)9-4-10-23-15-6-5-12(19-16(17)22)11-13(15)14-7-8-18-21(14)3/h5-10,13-14H,4,11-12H2,1-3H3,(H2,26,27,30);5-8,11H,4,9-10H2,1-3H3,(H3,17,19,22). The molecule has 0 aliphatic carbocycles. The van der Waals surface area contributed by atoms with E-state index in [9.17, 15) is 14.0 Å². The summed E-state index contributed by atoms with van der Waals surface area (Å²) in [5.74, 6) is 1.03. The fourth-order valence-electron chi connectivity index (χ4n) is 5.30. The van der Waals surface area contributed by atoms with Gasteiger partial charge in [-0.15, -0.1) is 0 Å². The highest BCUT2D eigenvalue weighted by Crippen LogP contribution is 2.37. The Morgan fingerprint density at radius 2 is 1.30 bits per heavy atom. The summed E-state index contributed by atoms with van der Waals surface area (Å²) in [5.41, 5.74) is 10.0. The molecule has 16 heteroatoms. The van der Waals surface area contributed by atoms with E-state index in [1.807, 2.05) is 53.4 Å². The Kier molecular flexibility index (Phi) is 15.2. The summed E-state index contributed by atoms with van der Waals surface area (Å²) in [7, 11) is 11.7. The molecule has 0 spiro atoms. The van der Waals surface area contributed by atoms with Crippen LogP contribution in [0.4, 0.5) is 31.0 Å². The van der Waals surface area contributed by atoms with Crippen LogP contribution in [0.2, 0.25) is 5.02 Å². The first-order chi connectivity index (χ1) is 25.8. The molecule has 0 atom stereocenters. The van der Waals surface area contributed by atoms with Gasteiger partial charge >= 0.3 is 12.1 Å². The third-order valence-electron chi connectivity index (χ3n) is 7.85. The Morgan fingerprint density at radius 3 is 1.81 bits per heavy atom. The van der Waals surface area contributed by atoms with E-state index >= 15 is 0 Å². The van der Waals surface area contributed by atoms with Crippen molar-refractivity contribution in [1.29, 1.82) is 0 Å². The van der Waals surface area contributed by atoms with Crippen LogP contribution in [0.5, 0.6) is 11.5 Å². The number of carbonyl (C=O) groups excluding carboxylic acids is 2. The van der Waals surface area contributed by atoms with Gasteiger partial charge in [-0.3, -0.25) is 9.36 Å². The molecule has 5 N–H and O–H groups in total. The van der Waals surface area contributed by atoms with Gasteiger partial charge < -0.3 is 41.0 Å². The van der Waals surface area contributed by atoms with Crippen molar-refractivity contribution in [2.45, 2.75) is 12.8 Å². The Hall–Kier alpha value is -5.64. The van der Waals surface area contributed by atoms with E-state index in [0.29, 0.717) is 46.7 Å². The Labute approximate surface area is 320 Å². The van der Waals surface area contributed by atoms with E-state index in [1.165, 1.54) is 24.3 Å². The van der Waals surface area contributed by atoms with E-state index in [4.69, 9.17) is 26.8 Å². The Morgan fingerprint density at radius 1 is 0.759 bits per heavy atom. The number of aromatic nitrogens is 4. The van der Waals surface area contributed by atoms with Crippen LogP contribution in [0, 0.1) is 5.82 Å². The number of nitrogens with two attached hydrogens (primary N) is 1. The molecule has 2 heterocycles. The maximum absolute atomic E-state index is 13.0. The van der Waals surface area contributed by atoms with Crippen LogP contribution in [-0.2, 0) is 14.1 Å². The van der Waals surface area contributed by atoms with Gasteiger partial charge in [0, 0.05) is 61.6 Å². The van der Waals surface area contributed by atoms with Crippen LogP contribution in [0.15, 0.2) is 79.1 Å². The molecule has 5 rings (SSSR count). The van der Waals surface area contributed by atoms with Gasteiger partial charge in [0.25, 0.3) is 0 Å². The number of hydrogen-bond acceptors (Lipinski definition) is 8. The maximum Gasteiger partial charge on any atom is 0.323 e. The van der Waals surface area contributed by atoms with Crippen LogP contribution in [0.25, 0.3) is 22.5 Å². The highest BCUT2D eigenvalue weighted by molar-refractivity contribution is 6.33. The van der Waals surface area contributed by atoms with Gasteiger partial charge in [0.2, 0.25) is 0 Å². The van der Waals surface area contributed by atoms with Crippen LogP contribution < -0.4 is 31.2 Å². The lowest BCUT2D eigenvalue weighted by Gasteiger charge is -2.16. The molecule has 288 valence electrons. The number of amides is 4. The first-order valence-electron chi connectivity index (χ1n) is 17.2. The first-order valence-corrected chi connectivity index (χ1v) is 17.6. The largest absolute Gasteiger partial charge is 0.493 e. The summed E-state index contributed by atoms with van der Waals surface area (Å²) >= 11 is 6.36. The second-order valence-electron chi connectivity index (χ2n) is 12.8. The van der Waals surface area contributed by atoms with Gasteiger partial charge in [-0.2, -0.15) is 10.2 Å². The molecule has 3 aromatic carbocycles. The number of nitrogens with zero attached hydrogens (tertiary/aromatic N) is 6. The molecule has 5 aromatic rings. The Balaban J connectivity index is 0.000000252. The summed E-state index contributed by atoms with van der Waals surface area (Å²) in [6.45, 7) is 3.03. The number of rotatable bonds is 15. The van der Waals surface area contributed by atoms with Gasteiger partial charge in [-0.25, -0.2) is 14.0 Å². The van der Waals surface area contributed by atoms with E-state index in [-0.39, 0.29) is 5.82 Å². The minimum atomic E-state index is -0.597. The molecule has 0 aliphatic rings. The average molecular weight is 763 g/mol. The monoisotopic (exact) mass is 762 g/mol. The minimum Gasteiger partial charge on any atom is -0.493 e. The normalized spacial score (nSPS) is 10.9. The number of halogens is 2. The number of urea groups is 2. The van der Waals surface area contributed by atoms with Crippen LogP contribution in [0.3, 0.4) is 0 Å². The van der Waals surface area contributed by atoms with Gasteiger partial charge in [-0.1, -0.05) is 11.6 Å². The number of ether oxygens (including phenoxy) is 2. The molecule has 14 nitrogen and oxygen atoms in total. The molecule has 0 saturated heterocycles. The van der Waals surface area contributed by atoms with Crippen molar-refractivity contribution in [3.63, 3.8) is 0 Å². The number of benzene rings is 3. The summed E-state index contributed by atoms with van der Waals surface area (Å²) in [6, 6.07) is 17.2. The molecule has 0 saturated carbocycles. The van der Waals surface area contributed by atoms with Crippen molar-refractivity contribution in [1.82, 2.24) is 29.4 Å². The number of primary amides is 1. The topological polar surface area (TPSA) is 157 Å². The van der Waals surface area contributed by atoms with Crippen molar-refractivity contribution < 1.29 is 23.5 Å². The van der Waals surface area contributed by atoms with E-state index < -0.39 is 12.1 Å². The zero-order valence-corrected chi connectivity index (χ0v) is 32.2. The first kappa shape index (κ1) is 41.1. The van der Waals surface area contributed by atoms with E-state index in [0.717, 1.165) is 48.5 Å². The second-order valence-corrected chi connectivity index (χ2v) is 13.2. The number of nitrogens with one attached hydrogen (secondary N) is 3. The number of aryl methyl sites for hydroxylation is 2. The predicted molar refractivity (Wildman–Crippen MR) is 212 cm³/mol. The summed E-state index contributed by atoms with van der Waals surface area (Å²) in [6.07, 6.45) is 5.08. The third kappa shape index (κ3) is 12.5. The van der Waals surface area contributed by atoms with Gasteiger partial charge in [0.1, 0.15) is 17.3 Å². The number of anilines is 3. The Bertz CT molecular complexity index is 1960. The molecule has 4 amide bonds. The zero-order chi connectivity index (χ0) is 39.2. The average Bonchev–Trinajstić information content (AvgIpc) is 3.70. The van der Waals surface area contributed by atoms with Gasteiger partial charge in [0.15, 0.2) is 0 Å². The van der Waals surface area contributed by atoms with E-state index in [2.05, 4.69) is 35.9 Å². The molecule has 0 aliphatic heterocycles. The maximum atomic E-state index is 13.0. The SMILES string of the molecule is CN(C)CCCOc1ccc(NC(=O)Nc2ccc(F)cc2)cc1-c1c(Cl)cnn1C.CN(C)CCCOc1ccc(NC(N)=O)cc1-c1ccnn1C.